The molecule has 0 aromatic heterocycles. The number of carboxylic acids is 1. The molecule has 168 valence electrons. The monoisotopic (exact) mass is 438 g/mol. The molecule has 3 rings (SSSR count). The minimum Gasteiger partial charge on any atom is -0.508 e. The number of rotatable bonds is 7. The van der Waals surface area contributed by atoms with E-state index in [0.717, 1.165) is 17.7 Å². The van der Waals surface area contributed by atoms with Gasteiger partial charge in [-0.25, -0.2) is 0 Å². The summed E-state index contributed by atoms with van der Waals surface area (Å²) in [6, 6.07) is 9.02. The molecule has 1 heterocycles. The van der Waals surface area contributed by atoms with Gasteiger partial charge in [-0.2, -0.15) is 0 Å². The summed E-state index contributed by atoms with van der Waals surface area (Å²) < 4.78 is 0. The van der Waals surface area contributed by atoms with E-state index in [-0.39, 0.29) is 29.5 Å². The third-order valence-electron chi connectivity index (χ3n) is 5.47. The maximum absolute atomic E-state index is 13.0. The molecule has 1 aliphatic heterocycles. The third kappa shape index (κ3) is 5.05. The van der Waals surface area contributed by atoms with Gasteiger partial charge < -0.3 is 25.7 Å². The minimum atomic E-state index is -1.20. The van der Waals surface area contributed by atoms with Crippen LogP contribution >= 0.6 is 0 Å². The van der Waals surface area contributed by atoms with Gasteiger partial charge in [0.15, 0.2) is 0 Å². The third-order valence-corrected chi connectivity index (χ3v) is 5.47. The molecule has 0 unspecified atom stereocenters. The van der Waals surface area contributed by atoms with Crippen molar-refractivity contribution in [2.75, 3.05) is 24.5 Å². The molecule has 0 atom stereocenters. The van der Waals surface area contributed by atoms with Crippen molar-refractivity contribution in [2.45, 2.75) is 26.2 Å². The van der Waals surface area contributed by atoms with E-state index in [2.05, 4.69) is 0 Å². The van der Waals surface area contributed by atoms with Crippen LogP contribution in [0.4, 0.5) is 5.69 Å². The Morgan fingerprint density at radius 1 is 1.12 bits per heavy atom. The van der Waals surface area contributed by atoms with E-state index in [1.807, 2.05) is 0 Å². The second-order valence-corrected chi connectivity index (χ2v) is 7.81. The van der Waals surface area contributed by atoms with Gasteiger partial charge in [-0.1, -0.05) is 0 Å². The van der Waals surface area contributed by atoms with Crippen LogP contribution in [0.3, 0.4) is 0 Å². The number of phenolic OH excluding ortho intramolecular Hbond substituents is 1. The first-order valence-electron chi connectivity index (χ1n) is 10.3. The van der Waals surface area contributed by atoms with Gasteiger partial charge in [0.25, 0.3) is 5.91 Å². The Bertz CT molecular complexity index is 1080. The zero-order chi connectivity index (χ0) is 23.4. The van der Waals surface area contributed by atoms with Crippen molar-refractivity contribution in [3.63, 3.8) is 0 Å². The maximum atomic E-state index is 13.0. The molecular formula is C23H26N4O5. The molecule has 9 nitrogen and oxygen atoms in total. The molecule has 1 fully saturated rings. The van der Waals surface area contributed by atoms with Crippen molar-refractivity contribution in [1.82, 2.24) is 4.90 Å². The standard InChI is InChI=1S/C23H26N4O5/c1-14-10-17(5-6-18(14)23(32)26-8-2-3-9-26)27(13-21(30)31)20(29)12-16-11-15(22(24)25)4-7-19(16)28/h4-7,10-11,28H,2-3,8-9,12-13H2,1H3,(H3,24,25)(H,30,31). The number of nitrogens with one attached hydrogen (secondary N) is 1. The number of phenols is 1. The zero-order valence-electron chi connectivity index (χ0n) is 17.8. The predicted octanol–water partition coefficient (Wildman–Crippen LogP) is 1.88. The number of carbonyl (C=O) groups is 3. The van der Waals surface area contributed by atoms with E-state index in [9.17, 15) is 24.6 Å². The highest BCUT2D eigenvalue weighted by molar-refractivity contribution is 6.01. The lowest BCUT2D eigenvalue weighted by atomic mass is 10.0. The summed E-state index contributed by atoms with van der Waals surface area (Å²) in [5.74, 6) is -2.19. The second kappa shape index (κ2) is 9.51. The Kier molecular flexibility index (Phi) is 6.77. The first-order valence-corrected chi connectivity index (χ1v) is 10.3. The number of aromatic hydroxyl groups is 1. The average Bonchev–Trinajstić information content (AvgIpc) is 3.27. The second-order valence-electron chi connectivity index (χ2n) is 7.81. The SMILES string of the molecule is Cc1cc(N(CC(=O)O)C(=O)Cc2cc(C(=N)N)ccc2O)ccc1C(=O)N1CCCC1. The van der Waals surface area contributed by atoms with Crippen LogP contribution in [-0.2, 0) is 16.0 Å². The molecule has 2 aromatic carbocycles. The average molecular weight is 438 g/mol. The van der Waals surface area contributed by atoms with Gasteiger partial charge in [0.05, 0.1) is 6.42 Å². The number of carboxylic acid groups (broad SMARTS) is 1. The summed E-state index contributed by atoms with van der Waals surface area (Å²) in [4.78, 5) is 40.1. The van der Waals surface area contributed by atoms with Crippen LogP contribution in [0, 0.1) is 12.3 Å². The maximum Gasteiger partial charge on any atom is 0.323 e. The van der Waals surface area contributed by atoms with Gasteiger partial charge in [0.2, 0.25) is 5.91 Å². The molecule has 5 N–H and O–H groups in total. The van der Waals surface area contributed by atoms with Crippen LogP contribution in [0.15, 0.2) is 36.4 Å². The molecular weight excluding hydrogens is 412 g/mol. The Balaban J connectivity index is 1.88. The van der Waals surface area contributed by atoms with E-state index >= 15 is 0 Å². The van der Waals surface area contributed by atoms with Gasteiger partial charge >= 0.3 is 5.97 Å². The molecule has 0 bridgehead atoms. The number of benzene rings is 2. The number of hydrogen-bond acceptors (Lipinski definition) is 5. The molecule has 0 saturated carbocycles. The number of aryl methyl sites for hydroxylation is 1. The molecule has 32 heavy (non-hydrogen) atoms. The summed E-state index contributed by atoms with van der Waals surface area (Å²) in [6.07, 6.45) is 1.66. The molecule has 0 aliphatic carbocycles. The zero-order valence-corrected chi connectivity index (χ0v) is 17.8. The fourth-order valence-corrected chi connectivity index (χ4v) is 3.76. The van der Waals surface area contributed by atoms with Gasteiger partial charge in [-0.3, -0.25) is 19.8 Å². The molecule has 0 radical (unpaired) electrons. The van der Waals surface area contributed by atoms with Crippen molar-refractivity contribution < 1.29 is 24.6 Å². The van der Waals surface area contributed by atoms with Gasteiger partial charge in [0.1, 0.15) is 18.1 Å². The van der Waals surface area contributed by atoms with Crippen molar-refractivity contribution in [2.24, 2.45) is 5.73 Å². The first kappa shape index (κ1) is 22.8. The van der Waals surface area contributed by atoms with Gasteiger partial charge in [-0.05, 0) is 61.7 Å². The molecule has 1 aliphatic rings. The van der Waals surface area contributed by atoms with Crippen LogP contribution in [-0.4, -0.2) is 58.4 Å². The number of amides is 2. The highest BCUT2D eigenvalue weighted by Crippen LogP contribution is 2.25. The number of nitrogens with two attached hydrogens (primary N) is 1. The van der Waals surface area contributed by atoms with Crippen molar-refractivity contribution in [3.8, 4) is 5.75 Å². The lowest BCUT2D eigenvalue weighted by Crippen LogP contribution is -2.37. The predicted molar refractivity (Wildman–Crippen MR) is 119 cm³/mol. The molecule has 2 amide bonds. The summed E-state index contributed by atoms with van der Waals surface area (Å²) in [7, 11) is 0. The Morgan fingerprint density at radius 2 is 1.81 bits per heavy atom. The first-order chi connectivity index (χ1) is 15.2. The number of carbonyl (C=O) groups excluding carboxylic acids is 2. The van der Waals surface area contributed by atoms with Crippen molar-refractivity contribution in [1.29, 1.82) is 5.41 Å². The number of aliphatic carboxylic acids is 1. The molecule has 2 aromatic rings. The topological polar surface area (TPSA) is 148 Å². The Hall–Kier alpha value is -3.88. The van der Waals surface area contributed by atoms with E-state index in [0.29, 0.717) is 35.5 Å². The minimum absolute atomic E-state index is 0.0753. The Morgan fingerprint density at radius 3 is 2.41 bits per heavy atom. The normalized spacial score (nSPS) is 13.1. The summed E-state index contributed by atoms with van der Waals surface area (Å²) in [5.41, 5.74) is 7.56. The molecule has 1 saturated heterocycles. The van der Waals surface area contributed by atoms with E-state index < -0.39 is 18.4 Å². The number of nitrogens with zero attached hydrogens (tertiary/aromatic N) is 2. The lowest BCUT2D eigenvalue weighted by molar-refractivity contribution is -0.136. The lowest BCUT2D eigenvalue weighted by Gasteiger charge is -2.23. The summed E-state index contributed by atoms with van der Waals surface area (Å²) >= 11 is 0. The van der Waals surface area contributed by atoms with Crippen LogP contribution in [0.1, 0.15) is 39.9 Å². The van der Waals surface area contributed by atoms with Crippen LogP contribution in [0.25, 0.3) is 0 Å². The molecule has 0 spiro atoms. The highest BCUT2D eigenvalue weighted by Gasteiger charge is 2.24. The highest BCUT2D eigenvalue weighted by atomic mass is 16.4. The molecule has 9 heteroatoms. The van der Waals surface area contributed by atoms with Gasteiger partial charge in [0, 0.05) is 35.5 Å². The van der Waals surface area contributed by atoms with Crippen molar-refractivity contribution >= 4 is 29.3 Å². The smallest absolute Gasteiger partial charge is 0.323 e. The van der Waals surface area contributed by atoms with Gasteiger partial charge in [-0.15, -0.1) is 0 Å². The number of anilines is 1. The number of likely N-dealkylation sites (tertiary alicyclic amines) is 1. The number of hydrogen-bond donors (Lipinski definition) is 4. The largest absolute Gasteiger partial charge is 0.508 e. The van der Waals surface area contributed by atoms with E-state index in [4.69, 9.17) is 11.1 Å². The number of nitrogen functional groups attached to an aromatic ring is 1. The van der Waals surface area contributed by atoms with E-state index in [1.165, 1.54) is 18.2 Å². The quantitative estimate of drug-likeness (QED) is 0.383. The van der Waals surface area contributed by atoms with Crippen LogP contribution in [0.2, 0.25) is 0 Å². The summed E-state index contributed by atoms with van der Waals surface area (Å²) in [6.45, 7) is 2.60. The van der Waals surface area contributed by atoms with E-state index in [1.54, 1.807) is 30.0 Å². The number of amidine groups is 1. The Labute approximate surface area is 185 Å². The fraction of sp³-hybridized carbons (Fsp3) is 0.304. The van der Waals surface area contributed by atoms with Crippen molar-refractivity contribution in [3.05, 3.63) is 58.7 Å². The van der Waals surface area contributed by atoms with Crippen LogP contribution in [0.5, 0.6) is 5.75 Å². The fourth-order valence-electron chi connectivity index (χ4n) is 3.76. The van der Waals surface area contributed by atoms with Crippen LogP contribution < -0.4 is 10.6 Å². The summed E-state index contributed by atoms with van der Waals surface area (Å²) in [5, 5.41) is 27.0.